The molecule has 0 fully saturated rings. The standard InChI is InChI=1S/C12H11Br3F2O2/c13-3-1-4-19-12-9(16)6-8(7-10(12)17)18-5-2-11(14)15/h2,6-7H,1,3-5H2. The summed E-state index contributed by atoms with van der Waals surface area (Å²) in [6, 6.07) is 2.20. The molecule has 0 heterocycles. The van der Waals surface area contributed by atoms with Gasteiger partial charge >= 0.3 is 0 Å². The van der Waals surface area contributed by atoms with Gasteiger partial charge in [-0.05, 0) is 44.4 Å². The quantitative estimate of drug-likeness (QED) is 0.411. The normalized spacial score (nSPS) is 10.2. The first-order chi connectivity index (χ1) is 9.04. The van der Waals surface area contributed by atoms with E-state index in [0.717, 1.165) is 12.1 Å². The summed E-state index contributed by atoms with van der Waals surface area (Å²) in [5, 5.41) is 0.713. The van der Waals surface area contributed by atoms with Gasteiger partial charge in [-0.3, -0.25) is 0 Å². The predicted molar refractivity (Wildman–Crippen MR) is 81.7 cm³/mol. The first-order valence-electron chi connectivity index (χ1n) is 5.36. The minimum atomic E-state index is -0.772. The van der Waals surface area contributed by atoms with Gasteiger partial charge in [0.25, 0.3) is 0 Å². The summed E-state index contributed by atoms with van der Waals surface area (Å²) >= 11 is 9.51. The third kappa shape index (κ3) is 6.23. The van der Waals surface area contributed by atoms with E-state index in [1.54, 1.807) is 6.08 Å². The van der Waals surface area contributed by atoms with Gasteiger partial charge in [-0.1, -0.05) is 15.9 Å². The van der Waals surface area contributed by atoms with E-state index < -0.39 is 11.6 Å². The molecule has 0 aliphatic heterocycles. The smallest absolute Gasteiger partial charge is 0.190 e. The van der Waals surface area contributed by atoms with Crippen molar-refractivity contribution in [1.82, 2.24) is 0 Å². The first kappa shape index (κ1) is 16.9. The van der Waals surface area contributed by atoms with E-state index in [-0.39, 0.29) is 24.7 Å². The van der Waals surface area contributed by atoms with Gasteiger partial charge in [0.15, 0.2) is 17.4 Å². The van der Waals surface area contributed by atoms with Crippen LogP contribution >= 0.6 is 47.8 Å². The molecule has 0 bridgehead atoms. The maximum atomic E-state index is 13.6. The highest BCUT2D eigenvalue weighted by atomic mass is 79.9. The number of ether oxygens (including phenoxy) is 2. The van der Waals surface area contributed by atoms with Crippen LogP contribution in [-0.4, -0.2) is 18.5 Å². The molecule has 0 spiro atoms. The van der Waals surface area contributed by atoms with Crippen molar-refractivity contribution in [2.24, 2.45) is 0 Å². The van der Waals surface area contributed by atoms with Gasteiger partial charge in [-0.2, -0.15) is 0 Å². The number of hydrogen-bond acceptors (Lipinski definition) is 2. The van der Waals surface area contributed by atoms with Crippen molar-refractivity contribution in [3.05, 3.63) is 33.2 Å². The molecule has 1 aromatic rings. The molecular formula is C12H11Br3F2O2. The zero-order chi connectivity index (χ0) is 14.3. The molecule has 0 N–H and O–H groups in total. The fourth-order valence-corrected chi connectivity index (χ4v) is 1.68. The first-order valence-corrected chi connectivity index (χ1v) is 8.07. The third-order valence-corrected chi connectivity index (χ3v) is 3.19. The van der Waals surface area contributed by atoms with Crippen molar-refractivity contribution in [1.29, 1.82) is 0 Å². The average Bonchev–Trinajstić information content (AvgIpc) is 2.32. The summed E-state index contributed by atoms with van der Waals surface area (Å²) in [7, 11) is 0. The molecule has 0 saturated carbocycles. The fourth-order valence-electron chi connectivity index (χ4n) is 1.19. The van der Waals surface area contributed by atoms with Gasteiger partial charge < -0.3 is 9.47 Å². The van der Waals surface area contributed by atoms with Crippen molar-refractivity contribution in [3.63, 3.8) is 0 Å². The van der Waals surface area contributed by atoms with E-state index in [1.165, 1.54) is 0 Å². The lowest BCUT2D eigenvalue weighted by Gasteiger charge is -2.10. The number of hydrogen-bond donors (Lipinski definition) is 0. The van der Waals surface area contributed by atoms with Crippen LogP contribution in [0.2, 0.25) is 0 Å². The van der Waals surface area contributed by atoms with E-state index in [4.69, 9.17) is 9.47 Å². The number of alkyl halides is 1. The average molecular weight is 465 g/mol. The van der Waals surface area contributed by atoms with E-state index in [2.05, 4.69) is 47.8 Å². The third-order valence-electron chi connectivity index (χ3n) is 1.98. The lowest BCUT2D eigenvalue weighted by atomic mass is 10.3. The molecule has 0 saturated heterocycles. The Kier molecular flexibility index (Phi) is 7.94. The summed E-state index contributed by atoms with van der Waals surface area (Å²) in [5.41, 5.74) is 0. The molecule has 0 aliphatic carbocycles. The maximum absolute atomic E-state index is 13.6. The second-order valence-corrected chi connectivity index (χ2v) is 6.98. The Bertz CT molecular complexity index is 426. The van der Waals surface area contributed by atoms with Crippen LogP contribution in [0.1, 0.15) is 6.42 Å². The van der Waals surface area contributed by atoms with Crippen molar-refractivity contribution >= 4 is 47.8 Å². The molecule has 1 aromatic carbocycles. The van der Waals surface area contributed by atoms with E-state index in [0.29, 0.717) is 15.1 Å². The molecule has 0 aliphatic rings. The fraction of sp³-hybridized carbons (Fsp3) is 0.333. The summed E-state index contributed by atoms with van der Waals surface area (Å²) in [5.74, 6) is -1.80. The van der Waals surface area contributed by atoms with Crippen LogP contribution < -0.4 is 9.47 Å². The van der Waals surface area contributed by atoms with Crippen LogP contribution in [0.3, 0.4) is 0 Å². The molecule has 1 rings (SSSR count). The highest BCUT2D eigenvalue weighted by molar-refractivity contribution is 9.28. The van der Waals surface area contributed by atoms with Gasteiger partial charge in [-0.25, -0.2) is 8.78 Å². The van der Waals surface area contributed by atoms with E-state index >= 15 is 0 Å². The SMILES string of the molecule is Fc1cc(OCC=C(Br)Br)cc(F)c1OCCCBr. The lowest BCUT2D eigenvalue weighted by Crippen LogP contribution is -2.03. The molecular weight excluding hydrogens is 454 g/mol. The summed E-state index contributed by atoms with van der Waals surface area (Å²) in [6.45, 7) is 0.438. The van der Waals surface area contributed by atoms with Crippen molar-refractivity contribution in [2.45, 2.75) is 6.42 Å². The van der Waals surface area contributed by atoms with Crippen molar-refractivity contribution in [2.75, 3.05) is 18.5 Å². The Morgan fingerprint density at radius 2 is 1.79 bits per heavy atom. The van der Waals surface area contributed by atoms with Crippen molar-refractivity contribution < 1.29 is 18.3 Å². The Morgan fingerprint density at radius 3 is 2.32 bits per heavy atom. The number of benzene rings is 1. The molecule has 0 aromatic heterocycles. The second kappa shape index (κ2) is 8.92. The Morgan fingerprint density at radius 1 is 1.16 bits per heavy atom. The Hall–Kier alpha value is -0.140. The molecule has 0 amide bonds. The van der Waals surface area contributed by atoms with Gasteiger partial charge in [0.1, 0.15) is 12.4 Å². The van der Waals surface area contributed by atoms with E-state index in [1.807, 2.05) is 0 Å². The highest BCUT2D eigenvalue weighted by Gasteiger charge is 2.13. The van der Waals surface area contributed by atoms with Crippen LogP contribution in [0.5, 0.6) is 11.5 Å². The van der Waals surface area contributed by atoms with Gasteiger partial charge in [0.2, 0.25) is 0 Å². The Labute approximate surface area is 135 Å². The van der Waals surface area contributed by atoms with Crippen LogP contribution in [0.4, 0.5) is 8.78 Å². The van der Waals surface area contributed by atoms with Crippen LogP contribution in [-0.2, 0) is 0 Å². The topological polar surface area (TPSA) is 18.5 Å². The van der Waals surface area contributed by atoms with Crippen LogP contribution in [0.15, 0.2) is 21.6 Å². The molecule has 0 unspecified atom stereocenters. The molecule has 7 heteroatoms. The number of rotatable bonds is 7. The zero-order valence-electron chi connectivity index (χ0n) is 9.77. The van der Waals surface area contributed by atoms with Gasteiger partial charge in [0, 0.05) is 17.5 Å². The minimum absolute atomic E-state index is 0.111. The molecule has 0 atom stereocenters. The highest BCUT2D eigenvalue weighted by Crippen LogP contribution is 2.27. The summed E-state index contributed by atoms with van der Waals surface area (Å²) in [6.07, 6.45) is 2.33. The maximum Gasteiger partial charge on any atom is 0.190 e. The minimum Gasteiger partial charge on any atom is -0.489 e. The zero-order valence-corrected chi connectivity index (χ0v) is 14.5. The molecule has 19 heavy (non-hydrogen) atoms. The van der Waals surface area contributed by atoms with Crippen molar-refractivity contribution in [3.8, 4) is 11.5 Å². The van der Waals surface area contributed by atoms with Gasteiger partial charge in [0.05, 0.1) is 10.00 Å². The Balaban J connectivity index is 2.70. The largest absolute Gasteiger partial charge is 0.489 e. The summed E-state index contributed by atoms with van der Waals surface area (Å²) < 4.78 is 38.2. The van der Waals surface area contributed by atoms with Gasteiger partial charge in [-0.15, -0.1) is 0 Å². The van der Waals surface area contributed by atoms with Crippen LogP contribution in [0.25, 0.3) is 0 Å². The molecule has 2 nitrogen and oxygen atoms in total. The number of halogens is 5. The van der Waals surface area contributed by atoms with Crippen LogP contribution in [0, 0.1) is 11.6 Å². The van der Waals surface area contributed by atoms with E-state index in [9.17, 15) is 8.78 Å². The monoisotopic (exact) mass is 462 g/mol. The molecule has 0 radical (unpaired) electrons. The lowest BCUT2D eigenvalue weighted by molar-refractivity contribution is 0.282. The summed E-state index contributed by atoms with van der Waals surface area (Å²) in [4.78, 5) is 0. The second-order valence-electron chi connectivity index (χ2n) is 3.41. The molecule has 106 valence electrons. The predicted octanol–water partition coefficient (Wildman–Crippen LogP) is 5.14.